The van der Waals surface area contributed by atoms with Crippen LogP contribution in [-0.4, -0.2) is 64.0 Å². The van der Waals surface area contributed by atoms with Gasteiger partial charge in [0, 0.05) is 12.1 Å². The quantitative estimate of drug-likeness (QED) is 0.479. The second-order valence-electron chi connectivity index (χ2n) is 7.40. The smallest absolute Gasteiger partial charge is 0.352 e. The number of carbonyl (C=O) groups is 3. The summed E-state index contributed by atoms with van der Waals surface area (Å²) >= 11 is 0. The van der Waals surface area contributed by atoms with Crippen LogP contribution >= 0.6 is 0 Å². The Bertz CT molecular complexity index is 723. The van der Waals surface area contributed by atoms with Crippen molar-refractivity contribution in [3.05, 3.63) is 22.9 Å². The molecule has 0 aromatic carbocycles. The number of aliphatic carboxylic acids is 1. The zero-order valence-corrected chi connectivity index (χ0v) is 14.6. The molecule has 8 nitrogen and oxygen atoms in total. The van der Waals surface area contributed by atoms with Crippen LogP contribution < -0.4 is 11.1 Å². The zero-order valence-electron chi connectivity index (χ0n) is 14.6. The minimum Gasteiger partial charge on any atom is -0.477 e. The lowest BCUT2D eigenvalue weighted by Gasteiger charge is -2.48. The van der Waals surface area contributed by atoms with E-state index in [2.05, 4.69) is 5.32 Å². The molecule has 4 aliphatic heterocycles. The number of nitrogens with two attached hydrogens (primary N) is 1. The van der Waals surface area contributed by atoms with Crippen molar-refractivity contribution in [3.63, 3.8) is 0 Å². The van der Waals surface area contributed by atoms with Gasteiger partial charge in [-0.25, -0.2) is 4.79 Å². The number of amides is 2. The lowest BCUT2D eigenvalue weighted by molar-refractivity contribution is -0.152. The summed E-state index contributed by atoms with van der Waals surface area (Å²) in [4.78, 5) is 39.7. The molecule has 4 rings (SSSR count). The monoisotopic (exact) mass is 360 g/mol. The maximum Gasteiger partial charge on any atom is 0.352 e. The third-order valence-electron chi connectivity index (χ3n) is 5.89. The second kappa shape index (κ2) is 6.51. The summed E-state index contributed by atoms with van der Waals surface area (Å²) in [5.41, 5.74) is 6.95. The highest BCUT2D eigenvalue weighted by Gasteiger charge is 2.50. The van der Waals surface area contributed by atoms with Gasteiger partial charge in [0.25, 0.3) is 5.91 Å². The number of rotatable bonds is 3. The van der Waals surface area contributed by atoms with Gasteiger partial charge in [-0.1, -0.05) is 0 Å². The Morgan fingerprint density at radius 3 is 2.73 bits per heavy atom. The standard InChI is InChI=1S/C18H24N4O4/c19-14-12-5-4-10(15(18(25)26)22(12)17(14)24)9-11-6-8-21(16(11)23)13-3-1-2-7-20-13/h9,12-14,20H,1-8,19H2,(H,25,26)/b11-9+/t12-,13?,14+/m1/s1. The fourth-order valence-corrected chi connectivity index (χ4v) is 4.48. The molecule has 0 aliphatic carbocycles. The fourth-order valence-electron chi connectivity index (χ4n) is 4.48. The van der Waals surface area contributed by atoms with Gasteiger partial charge in [-0.3, -0.25) is 19.8 Å². The molecule has 4 heterocycles. The van der Waals surface area contributed by atoms with E-state index in [1.165, 1.54) is 4.90 Å². The summed E-state index contributed by atoms with van der Waals surface area (Å²) in [5, 5.41) is 13.0. The van der Waals surface area contributed by atoms with Crippen molar-refractivity contribution in [3.8, 4) is 0 Å². The third-order valence-corrected chi connectivity index (χ3v) is 5.89. The van der Waals surface area contributed by atoms with E-state index in [9.17, 15) is 19.5 Å². The van der Waals surface area contributed by atoms with Gasteiger partial charge in [0.2, 0.25) is 5.91 Å². The first-order chi connectivity index (χ1) is 12.5. The number of fused-ring (bicyclic) bond motifs is 1. The first-order valence-electron chi connectivity index (χ1n) is 9.29. The van der Waals surface area contributed by atoms with Gasteiger partial charge in [0.1, 0.15) is 11.7 Å². The van der Waals surface area contributed by atoms with E-state index in [4.69, 9.17) is 5.73 Å². The van der Waals surface area contributed by atoms with E-state index in [0.717, 1.165) is 25.8 Å². The van der Waals surface area contributed by atoms with Gasteiger partial charge in [-0.15, -0.1) is 0 Å². The van der Waals surface area contributed by atoms with Crippen LogP contribution in [0.2, 0.25) is 0 Å². The van der Waals surface area contributed by atoms with Crippen molar-refractivity contribution in [2.75, 3.05) is 13.1 Å². The first-order valence-corrected chi connectivity index (χ1v) is 9.29. The van der Waals surface area contributed by atoms with Crippen LogP contribution in [0, 0.1) is 0 Å². The summed E-state index contributed by atoms with van der Waals surface area (Å²) in [6, 6.07) is -0.850. The van der Waals surface area contributed by atoms with Crippen molar-refractivity contribution in [2.24, 2.45) is 5.73 Å². The maximum atomic E-state index is 12.8. The molecule has 0 bridgehead atoms. The van der Waals surface area contributed by atoms with Gasteiger partial charge in [0.05, 0.1) is 12.2 Å². The lowest BCUT2D eigenvalue weighted by Crippen LogP contribution is -2.69. The number of carbonyl (C=O) groups excluding carboxylic acids is 2. The van der Waals surface area contributed by atoms with Crippen LogP contribution in [0.1, 0.15) is 38.5 Å². The molecule has 1 unspecified atom stereocenters. The Kier molecular flexibility index (Phi) is 4.32. The Morgan fingerprint density at radius 2 is 2.04 bits per heavy atom. The zero-order chi connectivity index (χ0) is 18.4. The van der Waals surface area contributed by atoms with Crippen molar-refractivity contribution in [2.45, 2.75) is 56.8 Å². The maximum absolute atomic E-state index is 12.8. The molecule has 26 heavy (non-hydrogen) atoms. The molecule has 140 valence electrons. The Balaban J connectivity index is 1.59. The van der Waals surface area contributed by atoms with Crippen molar-refractivity contribution >= 4 is 17.8 Å². The lowest BCUT2D eigenvalue weighted by atomic mass is 9.83. The number of piperidine rings is 1. The highest BCUT2D eigenvalue weighted by Crippen LogP contribution is 2.37. The Labute approximate surface area is 151 Å². The number of hydrogen-bond donors (Lipinski definition) is 3. The van der Waals surface area contributed by atoms with Crippen LogP contribution in [0.5, 0.6) is 0 Å². The Morgan fingerprint density at radius 1 is 1.23 bits per heavy atom. The van der Waals surface area contributed by atoms with Gasteiger partial charge in [-0.05, 0) is 56.7 Å². The number of allylic oxidation sites excluding steroid dienone is 2. The molecule has 4 N–H and O–H groups in total. The molecule has 2 amide bonds. The molecule has 3 atom stereocenters. The van der Waals surface area contributed by atoms with Crippen LogP contribution in [0.15, 0.2) is 22.9 Å². The highest BCUT2D eigenvalue weighted by atomic mass is 16.4. The van der Waals surface area contributed by atoms with E-state index in [0.29, 0.717) is 37.0 Å². The van der Waals surface area contributed by atoms with E-state index >= 15 is 0 Å². The molecule has 8 heteroatoms. The number of hydrogen-bond acceptors (Lipinski definition) is 5. The van der Waals surface area contributed by atoms with Crippen LogP contribution in [0.25, 0.3) is 0 Å². The Hall–Kier alpha value is -2.19. The summed E-state index contributed by atoms with van der Waals surface area (Å²) in [5.74, 6) is -1.53. The molecule has 3 fully saturated rings. The van der Waals surface area contributed by atoms with E-state index in [-0.39, 0.29) is 29.7 Å². The van der Waals surface area contributed by atoms with Gasteiger partial charge in [0.15, 0.2) is 0 Å². The second-order valence-corrected chi connectivity index (χ2v) is 7.40. The van der Waals surface area contributed by atoms with Gasteiger partial charge >= 0.3 is 5.97 Å². The van der Waals surface area contributed by atoms with Crippen LogP contribution in [0.4, 0.5) is 0 Å². The molecular weight excluding hydrogens is 336 g/mol. The summed E-state index contributed by atoms with van der Waals surface area (Å²) in [6.07, 6.45) is 6.70. The summed E-state index contributed by atoms with van der Waals surface area (Å²) < 4.78 is 0. The third kappa shape index (κ3) is 2.64. The number of nitrogens with one attached hydrogen (secondary N) is 1. The highest BCUT2D eigenvalue weighted by molar-refractivity contribution is 6.01. The molecule has 4 aliphatic rings. The van der Waals surface area contributed by atoms with Gasteiger partial charge in [-0.2, -0.15) is 0 Å². The average Bonchev–Trinajstić information content (AvgIpc) is 3.01. The SMILES string of the molecule is N[C@@H]1C(=O)N2C(C(=O)O)=C(/C=C3\CCN(C4CCCCN4)C3=O)CC[C@H]12. The number of likely N-dealkylation sites (tertiary alicyclic amines) is 1. The minimum absolute atomic E-state index is 0.0116. The van der Waals surface area contributed by atoms with Crippen molar-refractivity contribution in [1.82, 2.24) is 15.1 Å². The normalized spacial score (nSPS) is 33.6. The summed E-state index contributed by atoms with van der Waals surface area (Å²) in [7, 11) is 0. The van der Waals surface area contributed by atoms with Crippen LogP contribution in [-0.2, 0) is 14.4 Å². The number of carboxylic acids is 1. The van der Waals surface area contributed by atoms with E-state index in [1.54, 1.807) is 6.08 Å². The molecule has 0 radical (unpaired) electrons. The topological polar surface area (TPSA) is 116 Å². The molecular formula is C18H24N4O4. The predicted molar refractivity (Wildman–Crippen MR) is 92.6 cm³/mol. The van der Waals surface area contributed by atoms with Gasteiger partial charge < -0.3 is 15.7 Å². The van der Waals surface area contributed by atoms with E-state index in [1.807, 2.05) is 4.90 Å². The van der Waals surface area contributed by atoms with Crippen molar-refractivity contribution in [1.29, 1.82) is 0 Å². The molecule has 0 saturated carbocycles. The first kappa shape index (κ1) is 17.2. The fraction of sp³-hybridized carbons (Fsp3) is 0.611. The number of carboxylic acid groups (broad SMARTS) is 1. The number of nitrogens with zero attached hydrogens (tertiary/aromatic N) is 2. The van der Waals surface area contributed by atoms with Crippen molar-refractivity contribution < 1.29 is 19.5 Å². The predicted octanol–water partition coefficient (Wildman–Crippen LogP) is -0.0847. The average molecular weight is 360 g/mol. The van der Waals surface area contributed by atoms with E-state index < -0.39 is 12.0 Å². The molecule has 0 aromatic rings. The summed E-state index contributed by atoms with van der Waals surface area (Å²) in [6.45, 7) is 1.56. The minimum atomic E-state index is -1.14. The van der Waals surface area contributed by atoms with Crippen LogP contribution in [0.3, 0.4) is 0 Å². The largest absolute Gasteiger partial charge is 0.477 e. The molecule has 0 aromatic heterocycles. The molecule has 3 saturated heterocycles. The molecule has 0 spiro atoms. The number of β-lactam (4-membered cyclic amide) rings is 1.